The summed E-state index contributed by atoms with van der Waals surface area (Å²) in [5.41, 5.74) is 1.70. The second-order valence-electron chi connectivity index (χ2n) is 9.66. The molecule has 8 heteroatoms. The van der Waals surface area contributed by atoms with Crippen LogP contribution in [0.2, 0.25) is 0 Å². The van der Waals surface area contributed by atoms with Gasteiger partial charge in [-0.25, -0.2) is 4.79 Å². The lowest BCUT2D eigenvalue weighted by atomic mass is 9.96. The van der Waals surface area contributed by atoms with E-state index in [1.165, 1.54) is 7.11 Å². The third-order valence-electron chi connectivity index (χ3n) is 7.48. The minimum Gasteiger partial charge on any atom is -0.465 e. The fourth-order valence-electron chi connectivity index (χ4n) is 5.53. The first-order valence-corrected chi connectivity index (χ1v) is 12.8. The second-order valence-corrected chi connectivity index (χ2v) is 9.66. The summed E-state index contributed by atoms with van der Waals surface area (Å²) in [4.78, 5) is 43.8. The number of fused-ring (bicyclic) bond motifs is 4. The van der Waals surface area contributed by atoms with E-state index in [0.29, 0.717) is 41.9 Å². The maximum absolute atomic E-state index is 13.9. The molecular formula is C30H28N2O6. The van der Waals surface area contributed by atoms with Crippen LogP contribution in [-0.4, -0.2) is 68.2 Å². The zero-order chi connectivity index (χ0) is 26.2. The van der Waals surface area contributed by atoms with Crippen molar-refractivity contribution in [2.75, 3.05) is 46.5 Å². The summed E-state index contributed by atoms with van der Waals surface area (Å²) in [7, 11) is 1.33. The van der Waals surface area contributed by atoms with E-state index < -0.39 is 12.0 Å². The second kappa shape index (κ2) is 10.0. The lowest BCUT2D eigenvalue weighted by Gasteiger charge is -2.29. The molecule has 0 N–H and O–H groups in total. The largest absolute Gasteiger partial charge is 0.465 e. The van der Waals surface area contributed by atoms with Crippen LogP contribution in [-0.2, 0) is 9.47 Å². The van der Waals surface area contributed by atoms with Gasteiger partial charge in [-0.1, -0.05) is 42.5 Å². The van der Waals surface area contributed by atoms with Crippen LogP contribution in [0.15, 0.2) is 69.9 Å². The molecule has 1 atom stereocenters. The molecular weight excluding hydrogens is 484 g/mol. The maximum atomic E-state index is 13.9. The Morgan fingerprint density at radius 2 is 1.71 bits per heavy atom. The molecule has 1 aromatic heterocycles. The fraction of sp³-hybridized carbons (Fsp3) is 0.300. The topological polar surface area (TPSA) is 89.3 Å². The van der Waals surface area contributed by atoms with Crippen molar-refractivity contribution in [3.8, 4) is 0 Å². The number of carbonyl (C=O) groups is 2. The number of rotatable bonds is 6. The van der Waals surface area contributed by atoms with Gasteiger partial charge in [0.15, 0.2) is 5.43 Å². The van der Waals surface area contributed by atoms with Gasteiger partial charge < -0.3 is 18.8 Å². The Kier molecular flexibility index (Phi) is 6.43. The third-order valence-corrected chi connectivity index (χ3v) is 7.48. The number of morpholine rings is 1. The van der Waals surface area contributed by atoms with Crippen LogP contribution < -0.4 is 5.43 Å². The van der Waals surface area contributed by atoms with E-state index in [1.54, 1.807) is 35.2 Å². The van der Waals surface area contributed by atoms with E-state index in [-0.39, 0.29) is 17.1 Å². The van der Waals surface area contributed by atoms with Crippen LogP contribution in [0.3, 0.4) is 0 Å². The van der Waals surface area contributed by atoms with Crippen molar-refractivity contribution in [2.45, 2.75) is 12.5 Å². The Labute approximate surface area is 219 Å². The molecule has 0 spiro atoms. The first-order valence-electron chi connectivity index (χ1n) is 12.8. The highest BCUT2D eigenvalue weighted by molar-refractivity contribution is 6.06. The highest BCUT2D eigenvalue weighted by Gasteiger charge is 2.42. The molecule has 1 unspecified atom stereocenters. The molecule has 3 heterocycles. The summed E-state index contributed by atoms with van der Waals surface area (Å²) in [6.07, 6.45) is 0.743. The predicted molar refractivity (Wildman–Crippen MR) is 143 cm³/mol. The molecule has 0 radical (unpaired) electrons. The number of amides is 1. The molecule has 3 aromatic carbocycles. The molecule has 2 aliphatic heterocycles. The molecule has 194 valence electrons. The van der Waals surface area contributed by atoms with Gasteiger partial charge in [-0.2, -0.15) is 0 Å². The van der Waals surface area contributed by atoms with Crippen LogP contribution in [0.5, 0.6) is 0 Å². The van der Waals surface area contributed by atoms with E-state index in [9.17, 15) is 14.4 Å². The molecule has 0 bridgehead atoms. The molecule has 1 saturated heterocycles. The van der Waals surface area contributed by atoms with Crippen LogP contribution >= 0.6 is 0 Å². The van der Waals surface area contributed by atoms with Crippen molar-refractivity contribution < 1.29 is 23.5 Å². The Morgan fingerprint density at radius 3 is 2.47 bits per heavy atom. The number of ether oxygens (including phenoxy) is 2. The fourth-order valence-corrected chi connectivity index (χ4v) is 5.53. The molecule has 0 aliphatic carbocycles. The van der Waals surface area contributed by atoms with E-state index in [4.69, 9.17) is 13.9 Å². The summed E-state index contributed by atoms with van der Waals surface area (Å²) in [5.74, 6) is -0.651. The summed E-state index contributed by atoms with van der Waals surface area (Å²) >= 11 is 0. The smallest absolute Gasteiger partial charge is 0.337 e. The Hall–Kier alpha value is -4.01. The van der Waals surface area contributed by atoms with Crippen molar-refractivity contribution in [1.29, 1.82) is 0 Å². The van der Waals surface area contributed by atoms with E-state index in [0.717, 1.165) is 42.4 Å². The molecule has 38 heavy (non-hydrogen) atoms. The van der Waals surface area contributed by atoms with Crippen molar-refractivity contribution in [1.82, 2.24) is 9.80 Å². The van der Waals surface area contributed by atoms with Gasteiger partial charge in [-0.05, 0) is 35.6 Å². The standard InChI is InChI=1S/C30H28N2O6/c1-36-30(35)21-9-7-20(8-10-21)25-24-26(33)23-12-11-19-5-2-3-6-22(19)27(23)38-28(24)29(34)32(25)14-4-13-31-15-17-37-18-16-31/h2-3,5-12,25H,4,13-18H2,1H3. The van der Waals surface area contributed by atoms with Gasteiger partial charge >= 0.3 is 5.97 Å². The van der Waals surface area contributed by atoms with Crippen LogP contribution in [0.1, 0.15) is 44.5 Å². The Morgan fingerprint density at radius 1 is 0.947 bits per heavy atom. The van der Waals surface area contributed by atoms with Gasteiger partial charge in [0.2, 0.25) is 5.76 Å². The highest BCUT2D eigenvalue weighted by atomic mass is 16.5. The van der Waals surface area contributed by atoms with E-state index >= 15 is 0 Å². The quantitative estimate of drug-likeness (QED) is 0.285. The van der Waals surface area contributed by atoms with Gasteiger partial charge in [-0.3, -0.25) is 14.5 Å². The van der Waals surface area contributed by atoms with Gasteiger partial charge in [0.25, 0.3) is 5.91 Å². The van der Waals surface area contributed by atoms with Crippen LogP contribution in [0.4, 0.5) is 0 Å². The number of methoxy groups -OCH3 is 1. The first-order chi connectivity index (χ1) is 18.6. The lowest BCUT2D eigenvalue weighted by Crippen LogP contribution is -2.38. The molecule has 4 aromatic rings. The summed E-state index contributed by atoms with van der Waals surface area (Å²) in [5, 5.41) is 2.18. The van der Waals surface area contributed by atoms with E-state index in [2.05, 4.69) is 4.90 Å². The zero-order valence-corrected chi connectivity index (χ0v) is 21.1. The van der Waals surface area contributed by atoms with Gasteiger partial charge in [0.1, 0.15) is 5.58 Å². The minimum atomic E-state index is -0.610. The predicted octanol–water partition coefficient (Wildman–Crippen LogP) is 4.00. The number of hydrogen-bond donors (Lipinski definition) is 0. The monoisotopic (exact) mass is 512 g/mol. The van der Waals surface area contributed by atoms with Crippen LogP contribution in [0, 0.1) is 0 Å². The average Bonchev–Trinajstić information content (AvgIpc) is 3.24. The number of benzene rings is 3. The number of carbonyl (C=O) groups excluding carboxylic acids is 2. The lowest BCUT2D eigenvalue weighted by molar-refractivity contribution is 0.0353. The summed E-state index contributed by atoms with van der Waals surface area (Å²) < 4.78 is 16.5. The van der Waals surface area contributed by atoms with Crippen molar-refractivity contribution in [3.63, 3.8) is 0 Å². The number of esters is 1. The molecule has 1 fully saturated rings. The summed E-state index contributed by atoms with van der Waals surface area (Å²) in [6.45, 7) is 4.44. The number of nitrogens with zero attached hydrogens (tertiary/aromatic N) is 2. The Bertz CT molecular complexity index is 1590. The first kappa shape index (κ1) is 24.3. The SMILES string of the molecule is COC(=O)c1ccc(C2c3c(oc4c(ccc5ccccc54)c3=O)C(=O)N2CCCN2CCOCC2)cc1. The third kappa shape index (κ3) is 4.15. The average molecular weight is 513 g/mol. The zero-order valence-electron chi connectivity index (χ0n) is 21.1. The van der Waals surface area contributed by atoms with E-state index in [1.807, 2.05) is 30.3 Å². The Balaban J connectivity index is 1.43. The summed E-state index contributed by atoms with van der Waals surface area (Å²) in [6, 6.07) is 17.6. The maximum Gasteiger partial charge on any atom is 0.337 e. The van der Waals surface area contributed by atoms with Gasteiger partial charge in [0.05, 0.1) is 42.9 Å². The molecule has 0 saturated carbocycles. The van der Waals surface area contributed by atoms with Gasteiger partial charge in [0, 0.05) is 31.6 Å². The molecule has 6 rings (SSSR count). The van der Waals surface area contributed by atoms with Gasteiger partial charge in [-0.15, -0.1) is 0 Å². The van der Waals surface area contributed by atoms with Crippen LogP contribution in [0.25, 0.3) is 21.7 Å². The highest BCUT2D eigenvalue weighted by Crippen LogP contribution is 2.39. The molecule has 2 aliphatic rings. The normalized spacial score (nSPS) is 17.8. The van der Waals surface area contributed by atoms with Crippen molar-refractivity contribution in [2.24, 2.45) is 0 Å². The molecule has 8 nitrogen and oxygen atoms in total. The minimum absolute atomic E-state index is 0.0901. The number of hydrogen-bond acceptors (Lipinski definition) is 7. The van der Waals surface area contributed by atoms with Crippen molar-refractivity contribution >= 4 is 33.6 Å². The van der Waals surface area contributed by atoms with Crippen molar-refractivity contribution in [3.05, 3.63) is 93.3 Å². The molecule has 1 amide bonds.